The summed E-state index contributed by atoms with van der Waals surface area (Å²) in [7, 11) is 0. The highest BCUT2D eigenvalue weighted by molar-refractivity contribution is 4.93. The van der Waals surface area contributed by atoms with Crippen LogP contribution in [-0.4, -0.2) is 37.7 Å². The molecule has 0 aromatic rings. The maximum atomic E-state index is 5.55. The highest BCUT2D eigenvalue weighted by atomic mass is 16.5. The van der Waals surface area contributed by atoms with Crippen molar-refractivity contribution >= 4 is 0 Å². The molecule has 2 aliphatic carbocycles. The summed E-state index contributed by atoms with van der Waals surface area (Å²) in [4.78, 5) is 2.77. The van der Waals surface area contributed by atoms with Crippen molar-refractivity contribution in [3.63, 3.8) is 0 Å². The molecule has 0 aromatic heterocycles. The Labute approximate surface area is 131 Å². The maximum absolute atomic E-state index is 5.55. The fourth-order valence-corrected chi connectivity index (χ4v) is 5.15. The summed E-state index contributed by atoms with van der Waals surface area (Å²) in [6, 6.07) is 0. The van der Waals surface area contributed by atoms with Crippen LogP contribution < -0.4 is 0 Å². The molecule has 1 unspecified atom stereocenters. The molecule has 3 fully saturated rings. The second-order valence-corrected chi connectivity index (χ2v) is 8.18. The monoisotopic (exact) mass is 293 g/mol. The van der Waals surface area contributed by atoms with Crippen molar-refractivity contribution in [2.24, 2.45) is 23.2 Å². The lowest BCUT2D eigenvalue weighted by molar-refractivity contribution is 0.0226. The van der Waals surface area contributed by atoms with Crippen LogP contribution in [0.25, 0.3) is 0 Å². The van der Waals surface area contributed by atoms with Gasteiger partial charge in [0.2, 0.25) is 0 Å². The van der Waals surface area contributed by atoms with Crippen molar-refractivity contribution in [3.8, 4) is 0 Å². The van der Waals surface area contributed by atoms with Crippen LogP contribution in [0.15, 0.2) is 0 Å². The SMILES string of the molecule is CCOCC1CC(CN2CCC3(CCC(CC)C3)CC2)C1. The molecule has 0 N–H and O–H groups in total. The standard InChI is InChI=1S/C19H35NO/c1-3-16-5-6-19(13-16)7-9-20(10-8-19)14-17-11-18(12-17)15-21-4-2/h16-18H,3-15H2,1-2H3. The molecule has 1 saturated heterocycles. The molecular formula is C19H35NO. The van der Waals surface area contributed by atoms with Gasteiger partial charge < -0.3 is 9.64 Å². The van der Waals surface area contributed by atoms with Gasteiger partial charge in [0.25, 0.3) is 0 Å². The largest absolute Gasteiger partial charge is 0.381 e. The molecule has 2 heteroatoms. The van der Waals surface area contributed by atoms with Crippen LogP contribution in [0.4, 0.5) is 0 Å². The first-order valence-corrected chi connectivity index (χ1v) is 9.53. The lowest BCUT2D eigenvalue weighted by Crippen LogP contribution is -2.44. The molecule has 122 valence electrons. The Bertz CT molecular complexity index is 316. The molecule has 0 radical (unpaired) electrons. The molecule has 2 nitrogen and oxygen atoms in total. The highest BCUT2D eigenvalue weighted by Crippen LogP contribution is 2.50. The molecule has 1 heterocycles. The van der Waals surface area contributed by atoms with Gasteiger partial charge in [-0.25, -0.2) is 0 Å². The molecule has 1 spiro atoms. The van der Waals surface area contributed by atoms with Crippen molar-refractivity contribution in [2.75, 3.05) is 32.8 Å². The third-order valence-corrected chi connectivity index (χ3v) is 6.71. The van der Waals surface area contributed by atoms with Gasteiger partial charge in [0, 0.05) is 19.8 Å². The number of nitrogens with zero attached hydrogens (tertiary/aromatic N) is 1. The van der Waals surface area contributed by atoms with E-state index in [4.69, 9.17) is 4.74 Å². The van der Waals surface area contributed by atoms with Crippen LogP contribution in [0, 0.1) is 23.2 Å². The van der Waals surface area contributed by atoms with E-state index >= 15 is 0 Å². The Kier molecular flexibility index (Phi) is 5.27. The third-order valence-electron chi connectivity index (χ3n) is 6.71. The zero-order valence-electron chi connectivity index (χ0n) is 14.3. The average molecular weight is 293 g/mol. The smallest absolute Gasteiger partial charge is 0.0494 e. The molecule has 1 aliphatic heterocycles. The van der Waals surface area contributed by atoms with Crippen molar-refractivity contribution in [3.05, 3.63) is 0 Å². The highest BCUT2D eigenvalue weighted by Gasteiger charge is 2.41. The quantitative estimate of drug-likeness (QED) is 0.722. The van der Waals surface area contributed by atoms with Gasteiger partial charge in [0.15, 0.2) is 0 Å². The molecule has 3 aliphatic rings. The normalized spacial score (nSPS) is 36.0. The summed E-state index contributed by atoms with van der Waals surface area (Å²) >= 11 is 0. The topological polar surface area (TPSA) is 12.5 Å². The van der Waals surface area contributed by atoms with Gasteiger partial charge in [0.1, 0.15) is 0 Å². The van der Waals surface area contributed by atoms with E-state index in [1.807, 2.05) is 0 Å². The Morgan fingerprint density at radius 3 is 2.38 bits per heavy atom. The van der Waals surface area contributed by atoms with Gasteiger partial charge in [-0.2, -0.15) is 0 Å². The number of likely N-dealkylation sites (tertiary alicyclic amines) is 1. The van der Waals surface area contributed by atoms with Gasteiger partial charge in [0.05, 0.1) is 0 Å². The summed E-state index contributed by atoms with van der Waals surface area (Å²) in [5.74, 6) is 2.88. The molecule has 0 aromatic carbocycles. The third kappa shape index (κ3) is 3.82. The lowest BCUT2D eigenvalue weighted by Gasteiger charge is -2.44. The number of ether oxygens (including phenoxy) is 1. The molecule has 3 rings (SSSR count). The zero-order chi connectivity index (χ0) is 14.7. The first-order chi connectivity index (χ1) is 10.2. The first kappa shape index (κ1) is 15.8. The summed E-state index contributed by atoms with van der Waals surface area (Å²) in [5.41, 5.74) is 0.758. The minimum atomic E-state index is 0.758. The Balaban J connectivity index is 1.34. The van der Waals surface area contributed by atoms with E-state index in [0.29, 0.717) is 0 Å². The number of piperidine rings is 1. The van der Waals surface area contributed by atoms with Gasteiger partial charge in [-0.3, -0.25) is 0 Å². The van der Waals surface area contributed by atoms with Crippen molar-refractivity contribution < 1.29 is 4.74 Å². The van der Waals surface area contributed by atoms with E-state index in [-0.39, 0.29) is 0 Å². The van der Waals surface area contributed by atoms with Crippen LogP contribution in [0.3, 0.4) is 0 Å². The first-order valence-electron chi connectivity index (χ1n) is 9.53. The fraction of sp³-hybridized carbons (Fsp3) is 1.00. The van der Waals surface area contributed by atoms with Crippen molar-refractivity contribution in [1.82, 2.24) is 4.90 Å². The van der Waals surface area contributed by atoms with Gasteiger partial charge in [-0.1, -0.05) is 13.3 Å². The van der Waals surface area contributed by atoms with E-state index in [2.05, 4.69) is 18.7 Å². The van der Waals surface area contributed by atoms with Gasteiger partial charge in [-0.05, 0) is 88.1 Å². The van der Waals surface area contributed by atoms with E-state index in [9.17, 15) is 0 Å². The maximum Gasteiger partial charge on any atom is 0.0494 e. The Morgan fingerprint density at radius 1 is 1.00 bits per heavy atom. The van der Waals surface area contributed by atoms with Crippen molar-refractivity contribution in [1.29, 1.82) is 0 Å². The minimum absolute atomic E-state index is 0.758. The van der Waals surface area contributed by atoms with E-state index in [1.54, 1.807) is 0 Å². The molecule has 1 atom stereocenters. The van der Waals surface area contributed by atoms with E-state index in [0.717, 1.165) is 36.4 Å². The fourth-order valence-electron chi connectivity index (χ4n) is 5.15. The van der Waals surface area contributed by atoms with E-state index in [1.165, 1.54) is 71.0 Å². The summed E-state index contributed by atoms with van der Waals surface area (Å²) in [5, 5.41) is 0. The van der Waals surface area contributed by atoms with Crippen LogP contribution in [0.5, 0.6) is 0 Å². The molecular weight excluding hydrogens is 258 g/mol. The predicted octanol–water partition coefficient (Wildman–Crippen LogP) is 4.34. The molecule has 0 bridgehead atoms. The molecule has 0 amide bonds. The molecule has 2 saturated carbocycles. The summed E-state index contributed by atoms with van der Waals surface area (Å²) < 4.78 is 5.55. The van der Waals surface area contributed by atoms with E-state index < -0.39 is 0 Å². The van der Waals surface area contributed by atoms with Crippen LogP contribution in [-0.2, 0) is 4.74 Å². The Morgan fingerprint density at radius 2 is 1.76 bits per heavy atom. The minimum Gasteiger partial charge on any atom is -0.381 e. The van der Waals surface area contributed by atoms with Crippen LogP contribution in [0.1, 0.15) is 65.2 Å². The number of hydrogen-bond donors (Lipinski definition) is 0. The van der Waals surface area contributed by atoms with Gasteiger partial charge in [-0.15, -0.1) is 0 Å². The van der Waals surface area contributed by atoms with Crippen LogP contribution >= 0.6 is 0 Å². The van der Waals surface area contributed by atoms with Crippen LogP contribution in [0.2, 0.25) is 0 Å². The summed E-state index contributed by atoms with van der Waals surface area (Å²) in [6.07, 6.45) is 11.8. The average Bonchev–Trinajstić information content (AvgIpc) is 2.87. The zero-order valence-corrected chi connectivity index (χ0v) is 14.3. The number of rotatable bonds is 6. The second-order valence-electron chi connectivity index (χ2n) is 8.18. The van der Waals surface area contributed by atoms with Gasteiger partial charge >= 0.3 is 0 Å². The van der Waals surface area contributed by atoms with Crippen molar-refractivity contribution in [2.45, 2.75) is 65.2 Å². The second kappa shape index (κ2) is 7.00. The lowest BCUT2D eigenvalue weighted by atomic mass is 9.73. The Hall–Kier alpha value is -0.0800. The predicted molar refractivity (Wildman–Crippen MR) is 88.4 cm³/mol. The summed E-state index contributed by atoms with van der Waals surface area (Å²) in [6.45, 7) is 10.5. The number of hydrogen-bond acceptors (Lipinski definition) is 2. The molecule has 21 heavy (non-hydrogen) atoms.